The van der Waals surface area contributed by atoms with Crippen molar-refractivity contribution in [2.45, 2.75) is 71.0 Å². The fraction of sp³-hybridized carbons (Fsp3) is 0.481. The molecule has 29 heavy (non-hydrogen) atoms. The first kappa shape index (κ1) is 20.4. The van der Waals surface area contributed by atoms with Gasteiger partial charge in [-0.25, -0.2) is 0 Å². The van der Waals surface area contributed by atoms with E-state index in [4.69, 9.17) is 9.47 Å². The number of allylic oxidation sites excluding steroid dienone is 1. The van der Waals surface area contributed by atoms with Crippen molar-refractivity contribution in [3.8, 4) is 0 Å². The molecule has 1 aliphatic heterocycles. The molecule has 2 aliphatic rings. The maximum atomic E-state index is 5.77. The van der Waals surface area contributed by atoms with Crippen LogP contribution in [-0.2, 0) is 26.1 Å². The predicted octanol–water partition coefficient (Wildman–Crippen LogP) is 6.82. The van der Waals surface area contributed by atoms with Crippen LogP contribution in [0.25, 0.3) is 11.6 Å². The minimum absolute atomic E-state index is 0.236. The molecular formula is C27H34O2. The van der Waals surface area contributed by atoms with Gasteiger partial charge in [-0.3, -0.25) is 0 Å². The van der Waals surface area contributed by atoms with Gasteiger partial charge in [0.1, 0.15) is 0 Å². The first-order valence-electron chi connectivity index (χ1n) is 10.8. The standard InChI is InChI=1S/C27H34O2/c1-19(17-20-7-10-22(11-8-20)27(6)28-15-16-29-27)21-9-12-23-24(18-21)26(4,5)14-13-25(23,2)3/h7-12,17-18H,13-16H2,1-6H3/b19-17+. The Balaban J connectivity index is 1.63. The molecule has 2 nitrogen and oxygen atoms in total. The van der Waals surface area contributed by atoms with Crippen molar-refractivity contribution in [1.29, 1.82) is 0 Å². The van der Waals surface area contributed by atoms with Gasteiger partial charge in [-0.15, -0.1) is 0 Å². The molecule has 154 valence electrons. The molecule has 2 aromatic carbocycles. The molecule has 0 saturated carbocycles. The topological polar surface area (TPSA) is 18.5 Å². The highest BCUT2D eigenvalue weighted by molar-refractivity contribution is 5.80. The summed E-state index contributed by atoms with van der Waals surface area (Å²) in [7, 11) is 0. The summed E-state index contributed by atoms with van der Waals surface area (Å²) in [5.74, 6) is -0.603. The van der Waals surface area contributed by atoms with Crippen LogP contribution in [0.5, 0.6) is 0 Å². The molecule has 1 saturated heterocycles. The third-order valence-corrected chi connectivity index (χ3v) is 6.96. The Labute approximate surface area is 175 Å². The second-order valence-electron chi connectivity index (χ2n) is 10.1. The summed E-state index contributed by atoms with van der Waals surface area (Å²) in [4.78, 5) is 0. The van der Waals surface area contributed by atoms with Crippen LogP contribution < -0.4 is 0 Å². The Morgan fingerprint density at radius 2 is 1.38 bits per heavy atom. The SMILES string of the molecule is C/C(=C\c1ccc(C2(C)OCCO2)cc1)c1ccc2c(c1)C(C)(C)CCC2(C)C. The number of hydrogen-bond acceptors (Lipinski definition) is 2. The van der Waals surface area contributed by atoms with E-state index in [9.17, 15) is 0 Å². The van der Waals surface area contributed by atoms with Gasteiger partial charge in [0.2, 0.25) is 0 Å². The average Bonchev–Trinajstić information content (AvgIpc) is 3.13. The van der Waals surface area contributed by atoms with Crippen molar-refractivity contribution in [3.63, 3.8) is 0 Å². The minimum Gasteiger partial charge on any atom is -0.344 e. The minimum atomic E-state index is -0.603. The van der Waals surface area contributed by atoms with Gasteiger partial charge in [0.25, 0.3) is 0 Å². The van der Waals surface area contributed by atoms with Crippen LogP contribution in [-0.4, -0.2) is 13.2 Å². The number of benzene rings is 2. The molecule has 0 spiro atoms. The van der Waals surface area contributed by atoms with Crippen LogP contribution in [0.2, 0.25) is 0 Å². The maximum absolute atomic E-state index is 5.77. The highest BCUT2D eigenvalue weighted by atomic mass is 16.7. The van der Waals surface area contributed by atoms with Crippen LogP contribution in [0.15, 0.2) is 42.5 Å². The molecular weight excluding hydrogens is 356 g/mol. The molecule has 1 aliphatic carbocycles. The van der Waals surface area contributed by atoms with Gasteiger partial charge in [0.15, 0.2) is 5.79 Å². The smallest absolute Gasteiger partial charge is 0.192 e. The molecule has 0 radical (unpaired) electrons. The van der Waals surface area contributed by atoms with Crippen molar-refractivity contribution in [1.82, 2.24) is 0 Å². The maximum Gasteiger partial charge on any atom is 0.192 e. The van der Waals surface area contributed by atoms with Crippen LogP contribution in [0.3, 0.4) is 0 Å². The van der Waals surface area contributed by atoms with E-state index in [0.717, 1.165) is 5.56 Å². The van der Waals surface area contributed by atoms with Gasteiger partial charge in [-0.05, 0) is 65.3 Å². The Morgan fingerprint density at radius 1 is 0.793 bits per heavy atom. The molecule has 4 rings (SSSR count). The van der Waals surface area contributed by atoms with E-state index in [1.54, 1.807) is 0 Å². The molecule has 0 N–H and O–H groups in total. The largest absolute Gasteiger partial charge is 0.344 e. The third-order valence-electron chi connectivity index (χ3n) is 6.96. The second kappa shape index (κ2) is 7.11. The number of fused-ring (bicyclic) bond motifs is 1. The van der Waals surface area contributed by atoms with E-state index in [1.807, 2.05) is 6.92 Å². The lowest BCUT2D eigenvalue weighted by Crippen LogP contribution is -2.33. The number of ether oxygens (including phenoxy) is 2. The van der Waals surface area contributed by atoms with Gasteiger partial charge in [0, 0.05) is 5.56 Å². The van der Waals surface area contributed by atoms with E-state index in [-0.39, 0.29) is 10.8 Å². The van der Waals surface area contributed by atoms with Crippen molar-refractivity contribution in [2.75, 3.05) is 13.2 Å². The first-order chi connectivity index (χ1) is 13.6. The van der Waals surface area contributed by atoms with Gasteiger partial charge in [-0.1, -0.05) is 76.2 Å². The molecule has 0 aromatic heterocycles. The lowest BCUT2D eigenvalue weighted by molar-refractivity contribution is -0.149. The van der Waals surface area contributed by atoms with Gasteiger partial charge >= 0.3 is 0 Å². The van der Waals surface area contributed by atoms with Gasteiger partial charge in [-0.2, -0.15) is 0 Å². The lowest BCUT2D eigenvalue weighted by Gasteiger charge is -2.42. The predicted molar refractivity (Wildman–Crippen MR) is 121 cm³/mol. The van der Waals surface area contributed by atoms with E-state index in [0.29, 0.717) is 13.2 Å². The van der Waals surface area contributed by atoms with E-state index in [1.165, 1.54) is 40.7 Å². The summed E-state index contributed by atoms with van der Waals surface area (Å²) in [6, 6.07) is 15.6. The summed E-state index contributed by atoms with van der Waals surface area (Å²) < 4.78 is 11.5. The first-order valence-corrected chi connectivity index (χ1v) is 10.8. The molecule has 0 atom stereocenters. The molecule has 0 bridgehead atoms. The third kappa shape index (κ3) is 3.81. The molecule has 2 heteroatoms. The van der Waals surface area contributed by atoms with Crippen LogP contribution in [0.4, 0.5) is 0 Å². The summed E-state index contributed by atoms with van der Waals surface area (Å²) >= 11 is 0. The van der Waals surface area contributed by atoms with Crippen LogP contribution in [0.1, 0.15) is 82.2 Å². The molecule has 2 aromatic rings. The van der Waals surface area contributed by atoms with Gasteiger partial charge < -0.3 is 9.47 Å². The summed E-state index contributed by atoms with van der Waals surface area (Å²) in [5.41, 5.74) is 8.40. The molecule has 1 fully saturated rings. The fourth-order valence-corrected chi connectivity index (χ4v) is 4.73. The van der Waals surface area contributed by atoms with Crippen molar-refractivity contribution in [3.05, 3.63) is 70.3 Å². The van der Waals surface area contributed by atoms with Crippen molar-refractivity contribution in [2.24, 2.45) is 0 Å². The zero-order chi connectivity index (χ0) is 20.9. The summed E-state index contributed by atoms with van der Waals surface area (Å²) in [5, 5.41) is 0. The monoisotopic (exact) mass is 390 g/mol. The van der Waals surface area contributed by atoms with E-state index in [2.05, 4.69) is 83.2 Å². The van der Waals surface area contributed by atoms with E-state index >= 15 is 0 Å². The average molecular weight is 391 g/mol. The zero-order valence-electron chi connectivity index (χ0n) is 18.8. The van der Waals surface area contributed by atoms with Crippen LogP contribution >= 0.6 is 0 Å². The quantitative estimate of drug-likeness (QED) is 0.536. The summed E-state index contributed by atoms with van der Waals surface area (Å²) in [6.45, 7) is 15.0. The highest BCUT2D eigenvalue weighted by Gasteiger charge is 2.37. The molecule has 0 unspecified atom stereocenters. The van der Waals surface area contributed by atoms with Crippen molar-refractivity contribution < 1.29 is 9.47 Å². The Hall–Kier alpha value is -1.90. The Kier molecular flexibility index (Phi) is 4.99. The lowest BCUT2D eigenvalue weighted by atomic mass is 9.63. The molecule has 0 amide bonds. The number of rotatable bonds is 3. The normalized spacial score (nSPS) is 22.3. The van der Waals surface area contributed by atoms with Crippen molar-refractivity contribution >= 4 is 11.6 Å². The second-order valence-corrected chi connectivity index (χ2v) is 10.1. The van der Waals surface area contributed by atoms with Crippen LogP contribution in [0, 0.1) is 0 Å². The highest BCUT2D eigenvalue weighted by Crippen LogP contribution is 2.46. The Morgan fingerprint density at radius 3 is 2.00 bits per heavy atom. The zero-order valence-corrected chi connectivity index (χ0v) is 18.8. The number of hydrogen-bond donors (Lipinski definition) is 0. The Bertz CT molecular complexity index is 926. The van der Waals surface area contributed by atoms with Gasteiger partial charge in [0.05, 0.1) is 13.2 Å². The van der Waals surface area contributed by atoms with E-state index < -0.39 is 5.79 Å². The summed E-state index contributed by atoms with van der Waals surface area (Å²) in [6.07, 6.45) is 4.76. The molecule has 1 heterocycles. The fourth-order valence-electron chi connectivity index (χ4n) is 4.73.